The molecule has 4 rings (SSSR count). The second kappa shape index (κ2) is 11.5. The average molecular weight is 570 g/mol. The van der Waals surface area contributed by atoms with Gasteiger partial charge in [-0.25, -0.2) is 8.91 Å². The molecule has 1 aliphatic heterocycles. The van der Waals surface area contributed by atoms with Gasteiger partial charge in [0.25, 0.3) is 0 Å². The van der Waals surface area contributed by atoms with E-state index in [1.54, 1.807) is 43.7 Å². The fourth-order valence-corrected chi connectivity index (χ4v) is 5.60. The fraction of sp³-hybridized carbons (Fsp3) is 0.400. The number of hydrogen-bond acceptors (Lipinski definition) is 7. The van der Waals surface area contributed by atoms with E-state index in [0.717, 1.165) is 0 Å². The predicted octanol–water partition coefficient (Wildman–Crippen LogP) is 4.78. The number of thioether (sulfide) groups is 1. The lowest BCUT2D eigenvalue weighted by atomic mass is 10.1. The van der Waals surface area contributed by atoms with Crippen molar-refractivity contribution in [1.29, 1.82) is 0 Å². The number of nitrogens with zero attached hydrogens (tertiary/aromatic N) is 2. The number of fused-ring (bicyclic) bond motifs is 1. The lowest BCUT2D eigenvalue weighted by Gasteiger charge is -2.28. The highest BCUT2D eigenvalue weighted by molar-refractivity contribution is 8.00. The second-order valence-electron chi connectivity index (χ2n) is 9.08. The lowest BCUT2D eigenvalue weighted by Crippen LogP contribution is -2.45. The van der Waals surface area contributed by atoms with Crippen molar-refractivity contribution in [3.05, 3.63) is 42.1 Å². The first-order chi connectivity index (χ1) is 18.0. The summed E-state index contributed by atoms with van der Waals surface area (Å²) in [7, 11) is -0.986. The second-order valence-corrected chi connectivity index (χ2v) is 13.4. The molecule has 0 radical (unpaired) electrons. The molecule has 38 heavy (non-hydrogen) atoms. The molecule has 3 aromatic rings. The third-order valence-electron chi connectivity index (χ3n) is 5.95. The summed E-state index contributed by atoms with van der Waals surface area (Å²) in [6.45, 7) is 4.26. The highest BCUT2D eigenvalue weighted by Gasteiger charge is 2.33. The number of alkyl halides is 4. The maximum atomic E-state index is 14.4. The summed E-state index contributed by atoms with van der Waals surface area (Å²) in [4.78, 5) is -0.126. The molecule has 1 aromatic carbocycles. The van der Waals surface area contributed by atoms with Crippen LogP contribution in [-0.4, -0.2) is 67.4 Å². The number of pyridine rings is 1. The largest absolute Gasteiger partial charge is 0.495 e. The Morgan fingerprint density at radius 3 is 2.76 bits per heavy atom. The quantitative estimate of drug-likeness (QED) is 0.164. The highest BCUT2D eigenvalue weighted by Crippen LogP contribution is 2.41. The summed E-state index contributed by atoms with van der Waals surface area (Å²) >= 11 is -0.281. The van der Waals surface area contributed by atoms with Gasteiger partial charge in [0.1, 0.15) is 30.6 Å². The Morgan fingerprint density at radius 2 is 2.08 bits per heavy atom. The van der Waals surface area contributed by atoms with E-state index in [0.29, 0.717) is 35.5 Å². The summed E-state index contributed by atoms with van der Waals surface area (Å²) in [6.07, 6.45) is -0.614. The van der Waals surface area contributed by atoms with Gasteiger partial charge >= 0.3 is 5.51 Å². The van der Waals surface area contributed by atoms with E-state index in [4.69, 9.17) is 4.74 Å². The zero-order chi connectivity index (χ0) is 27.5. The molecular weight excluding hydrogens is 541 g/mol. The van der Waals surface area contributed by atoms with Gasteiger partial charge in [-0.3, -0.25) is 0 Å². The molecule has 3 heterocycles. The molecule has 2 aromatic heterocycles. The molecule has 204 valence electrons. The Morgan fingerprint density at radius 1 is 1.29 bits per heavy atom. The van der Waals surface area contributed by atoms with E-state index in [9.17, 15) is 22.1 Å². The summed E-state index contributed by atoms with van der Waals surface area (Å²) in [5.41, 5.74) is -3.76. The van der Waals surface area contributed by atoms with Crippen LogP contribution in [0.2, 0.25) is 0 Å². The number of piperidine rings is 1. The zero-order valence-electron chi connectivity index (χ0n) is 21.0. The number of aromatic nitrogens is 2. The van der Waals surface area contributed by atoms with Gasteiger partial charge in [-0.05, 0) is 74.3 Å². The number of hydrogen-bond donors (Lipinski definition) is 3. The Labute approximate surface area is 222 Å². The number of ether oxygens (including phenoxy) is 1. The van der Waals surface area contributed by atoms with Crippen molar-refractivity contribution in [3.63, 3.8) is 0 Å². The third kappa shape index (κ3) is 6.76. The van der Waals surface area contributed by atoms with Crippen LogP contribution in [0.1, 0.15) is 12.1 Å². The van der Waals surface area contributed by atoms with Crippen LogP contribution in [0.15, 0.2) is 41.3 Å². The molecule has 0 bridgehead atoms. The van der Waals surface area contributed by atoms with Crippen LogP contribution in [0.5, 0.6) is 5.75 Å². The maximum absolute atomic E-state index is 14.4. The van der Waals surface area contributed by atoms with Gasteiger partial charge in [0.2, 0.25) is 0 Å². The molecule has 3 N–H and O–H groups in total. The SMILES string of the molecule is COc1cc(P(C)(C)=O)ccc1NCC#Cc1nn2c(NC3CCNCC3F)cccc2c1SC(F)(F)F. The topological polar surface area (TPSA) is 79.7 Å². The molecule has 7 nitrogen and oxygen atoms in total. The van der Waals surface area contributed by atoms with Crippen LogP contribution in [-0.2, 0) is 4.57 Å². The van der Waals surface area contributed by atoms with E-state index < -0.39 is 24.9 Å². The number of rotatable bonds is 7. The number of halogens is 4. The normalized spacial score (nSPS) is 18.1. The van der Waals surface area contributed by atoms with Gasteiger partial charge in [0.05, 0.1) is 35.8 Å². The maximum Gasteiger partial charge on any atom is 0.446 e. The molecule has 2 atom stereocenters. The minimum Gasteiger partial charge on any atom is -0.495 e. The van der Waals surface area contributed by atoms with Gasteiger partial charge in [0, 0.05) is 11.8 Å². The Hall–Kier alpha value is -2.87. The molecule has 1 saturated heterocycles. The van der Waals surface area contributed by atoms with Crippen molar-refractivity contribution in [2.75, 3.05) is 50.7 Å². The van der Waals surface area contributed by atoms with Crippen molar-refractivity contribution < 1.29 is 26.9 Å². The summed E-state index contributed by atoms with van der Waals surface area (Å²) in [5.74, 6) is 6.44. The van der Waals surface area contributed by atoms with Crippen LogP contribution >= 0.6 is 18.9 Å². The first-order valence-electron chi connectivity index (χ1n) is 11.8. The van der Waals surface area contributed by atoms with Crippen LogP contribution in [0.3, 0.4) is 0 Å². The Kier molecular flexibility index (Phi) is 8.50. The Bertz CT molecular complexity index is 1410. The highest BCUT2D eigenvalue weighted by atomic mass is 32.2. The summed E-state index contributed by atoms with van der Waals surface area (Å²) in [6, 6.07) is 9.44. The number of benzene rings is 1. The zero-order valence-corrected chi connectivity index (χ0v) is 22.7. The van der Waals surface area contributed by atoms with Crippen LogP contribution in [0.25, 0.3) is 5.52 Å². The summed E-state index contributed by atoms with van der Waals surface area (Å²) < 4.78 is 73.7. The van der Waals surface area contributed by atoms with Crippen LogP contribution in [0, 0.1) is 11.8 Å². The smallest absolute Gasteiger partial charge is 0.446 e. The Balaban J connectivity index is 1.61. The fourth-order valence-electron chi connectivity index (χ4n) is 4.06. The van der Waals surface area contributed by atoms with E-state index in [1.807, 2.05) is 0 Å². The average Bonchev–Trinajstić information content (AvgIpc) is 3.19. The van der Waals surface area contributed by atoms with Crippen molar-refractivity contribution >= 4 is 41.2 Å². The first kappa shape index (κ1) is 28.1. The standard InChI is InChI=1S/C25H28F4N5O2PS/c1-36-22-14-16(37(2,3)35)9-10-19(22)31-12-5-6-20-24(38-25(27,28)29)21-7-4-8-23(34(21)33-20)32-18-11-13-30-15-17(18)26/h4,7-10,14,17-18,30-32H,11-13,15H2,1-3H3. The molecule has 13 heteroatoms. The lowest BCUT2D eigenvalue weighted by molar-refractivity contribution is -0.0327. The molecule has 2 unspecified atom stereocenters. The van der Waals surface area contributed by atoms with Gasteiger partial charge in [0.15, 0.2) is 0 Å². The molecular formula is C25H28F4N5O2PS. The van der Waals surface area contributed by atoms with E-state index in [-0.39, 0.29) is 41.0 Å². The number of anilines is 2. The number of nitrogens with one attached hydrogen (secondary N) is 3. The molecule has 0 spiro atoms. The van der Waals surface area contributed by atoms with Gasteiger partial charge in [-0.15, -0.1) is 0 Å². The third-order valence-corrected chi connectivity index (χ3v) is 8.31. The van der Waals surface area contributed by atoms with Gasteiger partial charge in [-0.1, -0.05) is 12.0 Å². The molecule has 0 aliphatic carbocycles. The molecule has 1 aliphatic rings. The van der Waals surface area contributed by atoms with Crippen molar-refractivity contribution in [1.82, 2.24) is 14.9 Å². The van der Waals surface area contributed by atoms with Gasteiger partial charge < -0.3 is 25.3 Å². The monoisotopic (exact) mass is 569 g/mol. The predicted molar refractivity (Wildman–Crippen MR) is 144 cm³/mol. The number of methoxy groups -OCH3 is 1. The minimum absolute atomic E-state index is 0.0364. The molecule has 0 saturated carbocycles. The van der Waals surface area contributed by atoms with Gasteiger partial charge in [-0.2, -0.15) is 18.3 Å². The van der Waals surface area contributed by atoms with Crippen molar-refractivity contribution in [2.24, 2.45) is 0 Å². The summed E-state index contributed by atoms with van der Waals surface area (Å²) in [5, 5.41) is 14.1. The molecule has 1 fully saturated rings. The van der Waals surface area contributed by atoms with Crippen molar-refractivity contribution in [2.45, 2.75) is 29.0 Å². The first-order valence-corrected chi connectivity index (χ1v) is 15.2. The minimum atomic E-state index is -4.55. The van der Waals surface area contributed by atoms with Crippen LogP contribution in [0.4, 0.5) is 29.1 Å². The van der Waals surface area contributed by atoms with E-state index in [2.05, 4.69) is 32.9 Å². The van der Waals surface area contributed by atoms with Crippen molar-refractivity contribution in [3.8, 4) is 17.6 Å². The van der Waals surface area contributed by atoms with Crippen LogP contribution < -0.4 is 26.0 Å². The molecule has 0 amide bonds. The van der Waals surface area contributed by atoms with E-state index >= 15 is 0 Å². The van der Waals surface area contributed by atoms with E-state index in [1.165, 1.54) is 17.7 Å².